The third-order valence-electron chi connectivity index (χ3n) is 2.92. The van der Waals surface area contributed by atoms with Crippen molar-refractivity contribution in [3.05, 3.63) is 22.1 Å². The van der Waals surface area contributed by atoms with Crippen molar-refractivity contribution in [2.45, 2.75) is 33.6 Å². The lowest BCUT2D eigenvalue weighted by Gasteiger charge is -2.05. The van der Waals surface area contributed by atoms with Crippen molar-refractivity contribution < 1.29 is 4.74 Å². The number of aryl methyl sites for hydroxylation is 1. The summed E-state index contributed by atoms with van der Waals surface area (Å²) in [5.74, 6) is 0.783. The van der Waals surface area contributed by atoms with Crippen LogP contribution >= 0.6 is 11.6 Å². The van der Waals surface area contributed by atoms with Crippen molar-refractivity contribution >= 4 is 17.2 Å². The van der Waals surface area contributed by atoms with E-state index in [0.29, 0.717) is 18.2 Å². The fourth-order valence-corrected chi connectivity index (χ4v) is 1.92. The molecule has 0 atom stereocenters. The number of hydrogen-bond acceptors (Lipinski definition) is 4. The van der Waals surface area contributed by atoms with Gasteiger partial charge in [-0.15, -0.1) is 10.2 Å². The van der Waals surface area contributed by atoms with E-state index >= 15 is 0 Å². The summed E-state index contributed by atoms with van der Waals surface area (Å²) < 4.78 is 7.16. The SMILES string of the molecule is CCCOCCc1nnc2c(C)c(C)c(Cl)nn12. The van der Waals surface area contributed by atoms with Crippen LogP contribution in [0.3, 0.4) is 0 Å². The molecule has 2 rings (SSSR count). The van der Waals surface area contributed by atoms with Crippen LogP contribution in [0.2, 0.25) is 5.15 Å². The van der Waals surface area contributed by atoms with Crippen LogP contribution in [0.4, 0.5) is 0 Å². The van der Waals surface area contributed by atoms with Gasteiger partial charge in [0, 0.05) is 18.6 Å². The molecule has 0 unspecified atom stereocenters. The average molecular weight is 269 g/mol. The van der Waals surface area contributed by atoms with Crippen LogP contribution in [0.25, 0.3) is 5.65 Å². The van der Waals surface area contributed by atoms with Crippen LogP contribution in [0.15, 0.2) is 0 Å². The Kier molecular flexibility index (Phi) is 4.14. The van der Waals surface area contributed by atoms with Gasteiger partial charge in [-0.1, -0.05) is 18.5 Å². The molecular formula is C12H17ClN4O. The minimum Gasteiger partial charge on any atom is -0.381 e. The Morgan fingerprint density at radius 2 is 1.94 bits per heavy atom. The van der Waals surface area contributed by atoms with Gasteiger partial charge in [-0.05, 0) is 25.8 Å². The number of fused-ring (bicyclic) bond motifs is 1. The van der Waals surface area contributed by atoms with Crippen molar-refractivity contribution in [1.82, 2.24) is 19.8 Å². The van der Waals surface area contributed by atoms with Crippen LogP contribution in [0.1, 0.15) is 30.3 Å². The summed E-state index contributed by atoms with van der Waals surface area (Å²) in [6.45, 7) is 7.39. The molecule has 2 aromatic heterocycles. The lowest BCUT2D eigenvalue weighted by atomic mass is 10.2. The van der Waals surface area contributed by atoms with Gasteiger partial charge in [-0.2, -0.15) is 9.61 Å². The molecule has 6 heteroatoms. The number of ether oxygens (including phenoxy) is 1. The molecule has 18 heavy (non-hydrogen) atoms. The molecule has 0 saturated heterocycles. The first-order chi connectivity index (χ1) is 8.65. The summed E-state index contributed by atoms with van der Waals surface area (Å²) in [5, 5.41) is 13.1. The molecule has 0 spiro atoms. The quantitative estimate of drug-likeness (QED) is 0.781. The zero-order valence-corrected chi connectivity index (χ0v) is 11.7. The summed E-state index contributed by atoms with van der Waals surface area (Å²) in [7, 11) is 0. The Morgan fingerprint density at radius 3 is 2.67 bits per heavy atom. The van der Waals surface area contributed by atoms with E-state index < -0.39 is 0 Å². The fourth-order valence-electron chi connectivity index (χ4n) is 1.70. The maximum absolute atomic E-state index is 6.09. The fraction of sp³-hybridized carbons (Fsp3) is 0.583. The highest BCUT2D eigenvalue weighted by atomic mass is 35.5. The second-order valence-electron chi connectivity index (χ2n) is 4.25. The highest BCUT2D eigenvalue weighted by Crippen LogP contribution is 2.19. The summed E-state index contributed by atoms with van der Waals surface area (Å²) in [6, 6.07) is 0. The molecule has 0 radical (unpaired) electrons. The van der Waals surface area contributed by atoms with E-state index in [2.05, 4.69) is 22.2 Å². The van der Waals surface area contributed by atoms with Crippen molar-refractivity contribution in [2.24, 2.45) is 0 Å². The molecule has 2 heterocycles. The van der Waals surface area contributed by atoms with E-state index in [4.69, 9.17) is 16.3 Å². The molecule has 0 aliphatic heterocycles. The van der Waals surface area contributed by atoms with Gasteiger partial charge in [0.25, 0.3) is 0 Å². The van der Waals surface area contributed by atoms with Crippen LogP contribution < -0.4 is 0 Å². The van der Waals surface area contributed by atoms with Crippen LogP contribution in [-0.2, 0) is 11.2 Å². The van der Waals surface area contributed by atoms with Crippen LogP contribution in [0.5, 0.6) is 0 Å². The zero-order valence-electron chi connectivity index (χ0n) is 10.9. The third-order valence-corrected chi connectivity index (χ3v) is 3.28. The van der Waals surface area contributed by atoms with Gasteiger partial charge in [-0.3, -0.25) is 0 Å². The van der Waals surface area contributed by atoms with Gasteiger partial charge < -0.3 is 4.74 Å². The van der Waals surface area contributed by atoms with Crippen LogP contribution in [-0.4, -0.2) is 33.0 Å². The second-order valence-corrected chi connectivity index (χ2v) is 4.61. The molecule has 0 fully saturated rings. The highest BCUT2D eigenvalue weighted by molar-refractivity contribution is 6.30. The van der Waals surface area contributed by atoms with E-state index in [1.165, 1.54) is 0 Å². The summed E-state index contributed by atoms with van der Waals surface area (Å²) in [4.78, 5) is 0. The number of nitrogens with zero attached hydrogens (tertiary/aromatic N) is 4. The first-order valence-corrected chi connectivity index (χ1v) is 6.47. The molecule has 98 valence electrons. The normalized spacial score (nSPS) is 11.3. The average Bonchev–Trinajstić information content (AvgIpc) is 2.75. The first kappa shape index (κ1) is 13.2. The van der Waals surface area contributed by atoms with Gasteiger partial charge in [0.05, 0.1) is 6.61 Å². The standard InChI is InChI=1S/C12H17ClN4O/c1-4-6-18-7-5-10-14-15-12-9(3)8(2)11(13)16-17(10)12/h4-7H2,1-3H3. The Hall–Kier alpha value is -1.20. The molecular weight excluding hydrogens is 252 g/mol. The molecule has 5 nitrogen and oxygen atoms in total. The molecule has 0 aliphatic rings. The van der Waals surface area contributed by atoms with Crippen molar-refractivity contribution in [1.29, 1.82) is 0 Å². The molecule has 0 aliphatic carbocycles. The Balaban J connectivity index is 2.25. The summed E-state index contributed by atoms with van der Waals surface area (Å²) >= 11 is 6.09. The topological polar surface area (TPSA) is 52.3 Å². The van der Waals surface area contributed by atoms with E-state index in [0.717, 1.165) is 35.6 Å². The third kappa shape index (κ3) is 2.47. The number of aromatic nitrogens is 4. The Bertz CT molecular complexity index is 552. The van der Waals surface area contributed by atoms with Crippen molar-refractivity contribution in [2.75, 3.05) is 13.2 Å². The van der Waals surface area contributed by atoms with Crippen molar-refractivity contribution in [3.63, 3.8) is 0 Å². The largest absolute Gasteiger partial charge is 0.381 e. The molecule has 0 saturated carbocycles. The number of hydrogen-bond donors (Lipinski definition) is 0. The Labute approximate surface area is 111 Å². The summed E-state index contributed by atoms with van der Waals surface area (Å²) in [6.07, 6.45) is 1.70. The highest BCUT2D eigenvalue weighted by Gasteiger charge is 2.13. The lowest BCUT2D eigenvalue weighted by molar-refractivity contribution is 0.136. The lowest BCUT2D eigenvalue weighted by Crippen LogP contribution is -2.06. The predicted molar refractivity (Wildman–Crippen MR) is 70.1 cm³/mol. The minimum absolute atomic E-state index is 0.496. The van der Waals surface area contributed by atoms with Crippen molar-refractivity contribution in [3.8, 4) is 0 Å². The van der Waals surface area contributed by atoms with Gasteiger partial charge in [-0.25, -0.2) is 0 Å². The minimum atomic E-state index is 0.496. The number of halogens is 1. The van der Waals surface area contributed by atoms with E-state index in [9.17, 15) is 0 Å². The Morgan fingerprint density at radius 1 is 1.17 bits per heavy atom. The summed E-state index contributed by atoms with van der Waals surface area (Å²) in [5.41, 5.74) is 2.73. The first-order valence-electron chi connectivity index (χ1n) is 6.10. The molecule has 0 N–H and O–H groups in total. The molecule has 0 bridgehead atoms. The maximum Gasteiger partial charge on any atom is 0.181 e. The predicted octanol–water partition coefficient (Wildman–Crippen LogP) is 2.36. The van der Waals surface area contributed by atoms with Gasteiger partial charge in [0.1, 0.15) is 0 Å². The molecule has 0 amide bonds. The maximum atomic E-state index is 6.09. The monoisotopic (exact) mass is 268 g/mol. The van der Waals surface area contributed by atoms with Crippen LogP contribution in [0, 0.1) is 13.8 Å². The van der Waals surface area contributed by atoms with E-state index in [-0.39, 0.29) is 0 Å². The second kappa shape index (κ2) is 5.63. The smallest absolute Gasteiger partial charge is 0.181 e. The zero-order chi connectivity index (χ0) is 13.1. The molecule has 2 aromatic rings. The van der Waals surface area contributed by atoms with E-state index in [1.807, 2.05) is 13.8 Å². The van der Waals surface area contributed by atoms with Gasteiger partial charge in [0.15, 0.2) is 16.6 Å². The van der Waals surface area contributed by atoms with E-state index in [1.54, 1.807) is 4.52 Å². The van der Waals surface area contributed by atoms with Gasteiger partial charge >= 0.3 is 0 Å². The molecule has 0 aromatic carbocycles. The van der Waals surface area contributed by atoms with Gasteiger partial charge in [0.2, 0.25) is 0 Å². The number of rotatable bonds is 5.